The van der Waals surface area contributed by atoms with Gasteiger partial charge in [-0.1, -0.05) is 24.7 Å². The average molecular weight is 302 g/mol. The van der Waals surface area contributed by atoms with Crippen LogP contribution in [-0.2, 0) is 11.2 Å². The molecule has 4 N–H and O–H groups in total. The Labute approximate surface area is 120 Å². The number of hydrogen-bond acceptors (Lipinski definition) is 6. The second-order valence-corrected chi connectivity index (χ2v) is 5.55. The number of carbonyl (C=O) groups excluding carboxylic acids is 1. The Morgan fingerprint density at radius 2 is 2.10 bits per heavy atom. The molecular weight excluding hydrogens is 284 g/mol. The summed E-state index contributed by atoms with van der Waals surface area (Å²) in [5, 5.41) is 31.7. The van der Waals surface area contributed by atoms with Gasteiger partial charge in [0.25, 0.3) is 0 Å². The lowest BCUT2D eigenvalue weighted by atomic mass is 10.1. The summed E-state index contributed by atoms with van der Waals surface area (Å²) in [7, 11) is 0. The van der Waals surface area contributed by atoms with Gasteiger partial charge < -0.3 is 15.5 Å². The minimum atomic E-state index is -2.01. The zero-order chi connectivity index (χ0) is 15.2. The van der Waals surface area contributed by atoms with E-state index < -0.39 is 24.1 Å². The molecule has 20 heavy (non-hydrogen) atoms. The third-order valence-electron chi connectivity index (χ3n) is 2.49. The number of amides is 2. The van der Waals surface area contributed by atoms with Gasteiger partial charge in [0, 0.05) is 6.42 Å². The largest absolute Gasteiger partial charge is 0.479 e. The van der Waals surface area contributed by atoms with Crippen LogP contribution in [0.5, 0.6) is 0 Å². The molecule has 2 amide bonds. The first-order valence-electron chi connectivity index (χ1n) is 6.18. The van der Waals surface area contributed by atoms with E-state index in [0.717, 1.165) is 31.2 Å². The van der Waals surface area contributed by atoms with Crippen molar-refractivity contribution in [2.45, 2.75) is 38.7 Å². The number of nitrogens with one attached hydrogen (secondary N) is 2. The standard InChI is InChI=1S/C11H18N4O4S/c1-3-4-5-7-14-15-10(20-7)13-9(18)12-6-11(2,19)8(16)17/h19H,3-6H2,1-2H3,(H,16,17)(H2,12,13,15,18). The topological polar surface area (TPSA) is 124 Å². The third kappa shape index (κ3) is 5.10. The van der Waals surface area contributed by atoms with E-state index >= 15 is 0 Å². The Bertz CT molecular complexity index is 475. The Kier molecular flexibility index (Phi) is 5.83. The smallest absolute Gasteiger partial charge is 0.337 e. The minimum absolute atomic E-state index is 0.337. The summed E-state index contributed by atoms with van der Waals surface area (Å²) >= 11 is 1.27. The molecule has 0 aliphatic heterocycles. The number of hydrogen-bond donors (Lipinski definition) is 4. The highest BCUT2D eigenvalue weighted by molar-refractivity contribution is 7.15. The van der Waals surface area contributed by atoms with Crippen LogP contribution < -0.4 is 10.6 Å². The molecule has 1 unspecified atom stereocenters. The molecule has 8 nitrogen and oxygen atoms in total. The average Bonchev–Trinajstić information content (AvgIpc) is 2.81. The number of aliphatic hydroxyl groups is 1. The molecule has 0 bridgehead atoms. The van der Waals surface area contributed by atoms with Crippen molar-refractivity contribution in [3.05, 3.63) is 5.01 Å². The van der Waals surface area contributed by atoms with Crippen molar-refractivity contribution in [3.8, 4) is 0 Å². The predicted molar refractivity (Wildman–Crippen MR) is 73.8 cm³/mol. The van der Waals surface area contributed by atoms with Gasteiger partial charge in [-0.15, -0.1) is 10.2 Å². The zero-order valence-corrected chi connectivity index (χ0v) is 12.2. The number of anilines is 1. The van der Waals surface area contributed by atoms with E-state index in [4.69, 9.17) is 5.11 Å². The quantitative estimate of drug-likeness (QED) is 0.591. The van der Waals surface area contributed by atoms with Gasteiger partial charge in [0.1, 0.15) is 5.01 Å². The maximum absolute atomic E-state index is 11.5. The van der Waals surface area contributed by atoms with Crippen molar-refractivity contribution in [3.63, 3.8) is 0 Å². The minimum Gasteiger partial charge on any atom is -0.479 e. The second-order valence-electron chi connectivity index (χ2n) is 4.49. The first kappa shape index (κ1) is 16.3. The van der Waals surface area contributed by atoms with Gasteiger partial charge in [-0.25, -0.2) is 9.59 Å². The van der Waals surface area contributed by atoms with Gasteiger partial charge in [0.2, 0.25) is 5.13 Å². The third-order valence-corrected chi connectivity index (χ3v) is 3.38. The first-order valence-corrected chi connectivity index (χ1v) is 7.00. The lowest BCUT2D eigenvalue weighted by molar-refractivity contribution is -0.155. The molecule has 1 rings (SSSR count). The molecule has 0 aromatic carbocycles. The number of urea groups is 1. The summed E-state index contributed by atoms with van der Waals surface area (Å²) in [4.78, 5) is 22.2. The number of unbranched alkanes of at least 4 members (excludes halogenated alkanes) is 1. The van der Waals surface area contributed by atoms with Gasteiger partial charge in [-0.3, -0.25) is 5.32 Å². The molecule has 1 heterocycles. The molecule has 0 saturated heterocycles. The van der Waals surface area contributed by atoms with Crippen molar-refractivity contribution in [1.82, 2.24) is 15.5 Å². The lowest BCUT2D eigenvalue weighted by Crippen LogP contribution is -2.47. The molecule has 1 aromatic rings. The number of carboxylic acids is 1. The maximum Gasteiger partial charge on any atom is 0.337 e. The maximum atomic E-state index is 11.5. The van der Waals surface area contributed by atoms with Gasteiger partial charge in [0.15, 0.2) is 5.60 Å². The second kappa shape index (κ2) is 7.15. The number of carbonyl (C=O) groups is 2. The molecule has 0 fully saturated rings. The van der Waals surface area contributed by atoms with Crippen LogP contribution in [0.15, 0.2) is 0 Å². The summed E-state index contributed by atoms with van der Waals surface area (Å²) in [6, 6.07) is -0.635. The Morgan fingerprint density at radius 1 is 1.40 bits per heavy atom. The fraction of sp³-hybridized carbons (Fsp3) is 0.636. The van der Waals surface area contributed by atoms with Crippen LogP contribution in [0.2, 0.25) is 0 Å². The number of rotatable bonds is 7. The van der Waals surface area contributed by atoms with E-state index in [0.29, 0.717) is 5.13 Å². The number of aromatic nitrogens is 2. The summed E-state index contributed by atoms with van der Waals surface area (Å²) in [6.45, 7) is 2.76. The predicted octanol–water partition coefficient (Wildman–Crippen LogP) is 0.838. The highest BCUT2D eigenvalue weighted by Gasteiger charge is 2.30. The first-order chi connectivity index (χ1) is 9.35. The van der Waals surface area contributed by atoms with Crippen LogP contribution >= 0.6 is 11.3 Å². The highest BCUT2D eigenvalue weighted by atomic mass is 32.1. The van der Waals surface area contributed by atoms with Crippen molar-refractivity contribution in [2.24, 2.45) is 0 Å². The molecular formula is C11H18N4O4S. The Hall–Kier alpha value is -1.74. The lowest BCUT2D eigenvalue weighted by Gasteiger charge is -2.17. The van der Waals surface area contributed by atoms with Crippen molar-refractivity contribution < 1.29 is 19.8 Å². The van der Waals surface area contributed by atoms with E-state index in [1.54, 1.807) is 0 Å². The van der Waals surface area contributed by atoms with Crippen molar-refractivity contribution in [1.29, 1.82) is 0 Å². The van der Waals surface area contributed by atoms with E-state index in [1.807, 2.05) is 0 Å². The van der Waals surface area contributed by atoms with Crippen LogP contribution in [0.25, 0.3) is 0 Å². The summed E-state index contributed by atoms with van der Waals surface area (Å²) in [5.74, 6) is -1.41. The van der Waals surface area contributed by atoms with E-state index in [9.17, 15) is 14.7 Å². The molecule has 0 radical (unpaired) electrons. The molecule has 0 aliphatic rings. The fourth-order valence-electron chi connectivity index (χ4n) is 1.20. The van der Waals surface area contributed by atoms with Gasteiger partial charge in [0.05, 0.1) is 6.54 Å². The summed E-state index contributed by atoms with van der Waals surface area (Å²) in [6.07, 6.45) is 2.86. The van der Waals surface area contributed by atoms with Gasteiger partial charge >= 0.3 is 12.0 Å². The zero-order valence-electron chi connectivity index (χ0n) is 11.3. The van der Waals surface area contributed by atoms with Crippen LogP contribution in [0.1, 0.15) is 31.7 Å². The molecule has 0 spiro atoms. The van der Waals surface area contributed by atoms with Crippen LogP contribution in [0.3, 0.4) is 0 Å². The molecule has 9 heteroatoms. The van der Waals surface area contributed by atoms with Gasteiger partial charge in [-0.05, 0) is 13.3 Å². The monoisotopic (exact) mass is 302 g/mol. The van der Waals surface area contributed by atoms with Crippen LogP contribution in [-0.4, -0.2) is 44.6 Å². The molecule has 112 valence electrons. The summed E-state index contributed by atoms with van der Waals surface area (Å²) in [5.41, 5.74) is -2.01. The van der Waals surface area contributed by atoms with Crippen molar-refractivity contribution >= 4 is 28.5 Å². The fourth-order valence-corrected chi connectivity index (χ4v) is 1.98. The van der Waals surface area contributed by atoms with E-state index in [-0.39, 0.29) is 0 Å². The molecule has 0 aliphatic carbocycles. The van der Waals surface area contributed by atoms with Crippen molar-refractivity contribution in [2.75, 3.05) is 11.9 Å². The number of aliphatic carboxylic acids is 1. The molecule has 1 atom stereocenters. The Morgan fingerprint density at radius 3 is 2.70 bits per heavy atom. The Balaban J connectivity index is 2.42. The normalized spacial score (nSPS) is 13.6. The van der Waals surface area contributed by atoms with Crippen LogP contribution in [0.4, 0.5) is 9.93 Å². The van der Waals surface area contributed by atoms with Gasteiger partial charge in [-0.2, -0.15) is 0 Å². The number of aryl methyl sites for hydroxylation is 1. The van der Waals surface area contributed by atoms with Crippen LogP contribution in [0, 0.1) is 0 Å². The van der Waals surface area contributed by atoms with E-state index in [2.05, 4.69) is 27.8 Å². The van der Waals surface area contributed by atoms with E-state index in [1.165, 1.54) is 11.3 Å². The SMILES string of the molecule is CCCCc1nnc(NC(=O)NCC(C)(O)C(=O)O)s1. The molecule has 0 saturated carbocycles. The summed E-state index contributed by atoms with van der Waals surface area (Å²) < 4.78 is 0. The number of nitrogens with zero attached hydrogens (tertiary/aromatic N) is 2. The highest BCUT2D eigenvalue weighted by Crippen LogP contribution is 2.16. The number of carboxylic acid groups (broad SMARTS) is 1. The molecule has 1 aromatic heterocycles.